The van der Waals surface area contributed by atoms with Crippen molar-refractivity contribution in [2.24, 2.45) is 5.14 Å². The van der Waals surface area contributed by atoms with Crippen LogP contribution in [0.2, 0.25) is 0 Å². The van der Waals surface area contributed by atoms with Crippen molar-refractivity contribution in [3.05, 3.63) is 59.9 Å². The van der Waals surface area contributed by atoms with Gasteiger partial charge in [-0.15, -0.1) is 0 Å². The van der Waals surface area contributed by atoms with Gasteiger partial charge < -0.3 is 14.0 Å². The molecule has 1 aromatic heterocycles. The van der Waals surface area contributed by atoms with Gasteiger partial charge in [0.1, 0.15) is 18.2 Å². The maximum absolute atomic E-state index is 12.2. The summed E-state index contributed by atoms with van der Waals surface area (Å²) in [5.74, 6) is 0.810. The molecule has 170 valence electrons. The lowest BCUT2D eigenvalue weighted by atomic mass is 10.2. The Morgan fingerprint density at radius 2 is 1.91 bits per heavy atom. The van der Waals surface area contributed by atoms with Crippen molar-refractivity contribution in [1.29, 1.82) is 0 Å². The molecule has 0 saturated heterocycles. The van der Waals surface area contributed by atoms with Crippen molar-refractivity contribution in [2.75, 3.05) is 6.61 Å². The van der Waals surface area contributed by atoms with Gasteiger partial charge in [0.05, 0.1) is 22.5 Å². The topological polar surface area (TPSA) is 114 Å². The van der Waals surface area contributed by atoms with Crippen molar-refractivity contribution >= 4 is 33.1 Å². The summed E-state index contributed by atoms with van der Waals surface area (Å²) in [6.07, 6.45) is 4.89. The molecule has 0 aliphatic rings. The number of unbranched alkanes of at least 4 members (excludes halogenated alkanes) is 1. The summed E-state index contributed by atoms with van der Waals surface area (Å²) in [6, 6.07) is 11.9. The van der Waals surface area contributed by atoms with Gasteiger partial charge in [-0.25, -0.2) is 23.3 Å². The Kier molecular flexibility index (Phi) is 7.66. The van der Waals surface area contributed by atoms with Crippen LogP contribution >= 0.6 is 0 Å². The first kappa shape index (κ1) is 23.5. The normalized spacial score (nSPS) is 11.8. The quantitative estimate of drug-likeness (QED) is 0.367. The Morgan fingerprint density at radius 3 is 2.56 bits per heavy atom. The second-order valence-electron chi connectivity index (χ2n) is 7.17. The lowest BCUT2D eigenvalue weighted by Gasteiger charge is -2.08. The third-order valence-electron chi connectivity index (χ3n) is 4.81. The van der Waals surface area contributed by atoms with Crippen LogP contribution in [0, 0.1) is 0 Å². The van der Waals surface area contributed by atoms with Gasteiger partial charge in [-0.3, -0.25) is 0 Å². The predicted molar refractivity (Wildman–Crippen MR) is 122 cm³/mol. The van der Waals surface area contributed by atoms with E-state index in [4.69, 9.17) is 14.6 Å². The first-order chi connectivity index (χ1) is 15.3. The summed E-state index contributed by atoms with van der Waals surface area (Å²) in [6.45, 7) is 5.23. The molecule has 0 aliphatic heterocycles. The van der Waals surface area contributed by atoms with E-state index in [1.54, 1.807) is 12.1 Å². The number of fused-ring (bicyclic) bond motifs is 1. The van der Waals surface area contributed by atoms with Crippen LogP contribution in [0.3, 0.4) is 0 Å². The third-order valence-corrected chi connectivity index (χ3v) is 5.72. The molecule has 32 heavy (non-hydrogen) atoms. The summed E-state index contributed by atoms with van der Waals surface area (Å²) in [7, 11) is -3.83. The highest BCUT2D eigenvalue weighted by Gasteiger charge is 2.15. The standard InChI is InChI=1S/C23H27N3O5S/c1-3-5-14-26-21-12-11-19(32(24,28)29)15-20(21)25-22(26)16-31-23(27)13-8-17-6-9-18(10-7-17)30-4-2/h6-13,15H,3-5,14,16H2,1-2H3,(H2,24,28,29)/b13-8+. The fraction of sp³-hybridized carbons (Fsp3) is 0.304. The number of nitrogens with two attached hydrogens (primary N) is 1. The molecule has 0 spiro atoms. The van der Waals surface area contributed by atoms with Crippen LogP contribution in [0.25, 0.3) is 17.1 Å². The first-order valence-electron chi connectivity index (χ1n) is 10.4. The molecule has 9 heteroatoms. The number of rotatable bonds is 10. The average Bonchev–Trinajstić information content (AvgIpc) is 3.12. The molecule has 0 fully saturated rings. The number of primary sulfonamides is 1. The lowest BCUT2D eigenvalue weighted by molar-refractivity contribution is -0.139. The van der Waals surface area contributed by atoms with E-state index in [1.165, 1.54) is 18.2 Å². The van der Waals surface area contributed by atoms with Crippen molar-refractivity contribution in [1.82, 2.24) is 9.55 Å². The monoisotopic (exact) mass is 457 g/mol. The molecule has 8 nitrogen and oxygen atoms in total. The van der Waals surface area contributed by atoms with Crippen LogP contribution < -0.4 is 9.88 Å². The largest absolute Gasteiger partial charge is 0.494 e. The second-order valence-corrected chi connectivity index (χ2v) is 8.73. The van der Waals surface area contributed by atoms with Gasteiger partial charge in [-0.2, -0.15) is 0 Å². The number of hydrogen-bond donors (Lipinski definition) is 1. The smallest absolute Gasteiger partial charge is 0.331 e. The lowest BCUT2D eigenvalue weighted by Crippen LogP contribution is -2.11. The number of imidazole rings is 1. The van der Waals surface area contributed by atoms with Gasteiger partial charge in [0.15, 0.2) is 0 Å². The Morgan fingerprint density at radius 1 is 1.16 bits per heavy atom. The maximum Gasteiger partial charge on any atom is 0.331 e. The zero-order valence-electron chi connectivity index (χ0n) is 18.2. The zero-order valence-corrected chi connectivity index (χ0v) is 19.0. The number of benzene rings is 2. The molecule has 0 saturated carbocycles. The fourth-order valence-electron chi connectivity index (χ4n) is 3.20. The fourth-order valence-corrected chi connectivity index (χ4v) is 3.74. The molecule has 2 N–H and O–H groups in total. The Bertz CT molecular complexity index is 1210. The zero-order chi connectivity index (χ0) is 23.1. The van der Waals surface area contributed by atoms with Gasteiger partial charge in [0, 0.05) is 12.6 Å². The number of hydrogen-bond acceptors (Lipinski definition) is 6. The molecule has 3 rings (SSSR count). The summed E-state index contributed by atoms with van der Waals surface area (Å²) in [5, 5.41) is 5.23. The van der Waals surface area contributed by atoms with E-state index in [-0.39, 0.29) is 11.5 Å². The van der Waals surface area contributed by atoms with Crippen LogP contribution in [0.15, 0.2) is 53.4 Å². The number of ether oxygens (including phenoxy) is 2. The summed E-state index contributed by atoms with van der Waals surface area (Å²) < 4.78 is 36.0. The van der Waals surface area contributed by atoms with E-state index in [0.717, 1.165) is 29.7 Å². The molecule has 0 bridgehead atoms. The number of esters is 1. The van der Waals surface area contributed by atoms with Crippen LogP contribution in [0.5, 0.6) is 5.75 Å². The van der Waals surface area contributed by atoms with E-state index in [2.05, 4.69) is 11.9 Å². The number of sulfonamides is 1. The Balaban J connectivity index is 1.74. The summed E-state index contributed by atoms with van der Waals surface area (Å²) in [5.41, 5.74) is 2.10. The van der Waals surface area contributed by atoms with Crippen LogP contribution in [0.1, 0.15) is 38.1 Å². The molecular formula is C23H27N3O5S. The van der Waals surface area contributed by atoms with E-state index >= 15 is 0 Å². The highest BCUT2D eigenvalue weighted by molar-refractivity contribution is 7.89. The minimum atomic E-state index is -3.83. The highest BCUT2D eigenvalue weighted by Crippen LogP contribution is 2.21. The molecule has 3 aromatic rings. The minimum Gasteiger partial charge on any atom is -0.494 e. The number of aryl methyl sites for hydroxylation is 1. The van der Waals surface area contributed by atoms with Crippen molar-refractivity contribution in [3.63, 3.8) is 0 Å². The molecule has 0 amide bonds. The molecule has 0 atom stereocenters. The van der Waals surface area contributed by atoms with E-state index in [1.807, 2.05) is 35.8 Å². The molecule has 1 heterocycles. The van der Waals surface area contributed by atoms with E-state index in [9.17, 15) is 13.2 Å². The number of aromatic nitrogens is 2. The third kappa shape index (κ3) is 5.95. The van der Waals surface area contributed by atoms with Crippen molar-refractivity contribution in [3.8, 4) is 5.75 Å². The maximum atomic E-state index is 12.2. The average molecular weight is 458 g/mol. The van der Waals surface area contributed by atoms with Gasteiger partial charge >= 0.3 is 5.97 Å². The Hall–Kier alpha value is -3.17. The minimum absolute atomic E-state index is 0.00743. The summed E-state index contributed by atoms with van der Waals surface area (Å²) >= 11 is 0. The Labute approximate surface area is 187 Å². The number of carbonyl (C=O) groups is 1. The van der Waals surface area contributed by atoms with E-state index in [0.29, 0.717) is 24.5 Å². The van der Waals surface area contributed by atoms with Crippen LogP contribution in [-0.2, 0) is 32.7 Å². The molecule has 0 aliphatic carbocycles. The number of nitrogens with zero attached hydrogens (tertiary/aromatic N) is 2. The van der Waals surface area contributed by atoms with Crippen LogP contribution in [-0.4, -0.2) is 30.5 Å². The summed E-state index contributed by atoms with van der Waals surface area (Å²) in [4.78, 5) is 16.7. The highest BCUT2D eigenvalue weighted by atomic mass is 32.2. The van der Waals surface area contributed by atoms with Crippen LogP contribution in [0.4, 0.5) is 0 Å². The molecule has 0 radical (unpaired) electrons. The SMILES string of the molecule is CCCCn1c(COC(=O)/C=C/c2ccc(OCC)cc2)nc2cc(S(N)(=O)=O)ccc21. The molecule has 0 unspecified atom stereocenters. The van der Waals surface area contributed by atoms with Gasteiger partial charge in [0.25, 0.3) is 0 Å². The van der Waals surface area contributed by atoms with Crippen molar-refractivity contribution in [2.45, 2.75) is 44.7 Å². The molecular weight excluding hydrogens is 430 g/mol. The van der Waals surface area contributed by atoms with E-state index < -0.39 is 16.0 Å². The number of carbonyl (C=O) groups excluding carboxylic acids is 1. The van der Waals surface area contributed by atoms with Gasteiger partial charge in [0.2, 0.25) is 10.0 Å². The first-order valence-corrected chi connectivity index (χ1v) is 12.0. The second kappa shape index (κ2) is 10.4. The predicted octanol–water partition coefficient (Wildman–Crippen LogP) is 3.64. The van der Waals surface area contributed by atoms with Gasteiger partial charge in [-0.1, -0.05) is 25.5 Å². The van der Waals surface area contributed by atoms with Gasteiger partial charge in [-0.05, 0) is 55.3 Å². The van der Waals surface area contributed by atoms with Crippen molar-refractivity contribution < 1.29 is 22.7 Å². The molecule has 2 aromatic carbocycles.